The first-order valence-corrected chi connectivity index (χ1v) is 8.93. The van der Waals surface area contributed by atoms with Gasteiger partial charge < -0.3 is 10.2 Å². The lowest BCUT2D eigenvalue weighted by molar-refractivity contribution is -0.137. The topological polar surface area (TPSA) is 32.3 Å². The van der Waals surface area contributed by atoms with Gasteiger partial charge in [-0.05, 0) is 61.2 Å². The fraction of sp³-hybridized carbons (Fsp3) is 0.286. The molecule has 0 unspecified atom stereocenters. The Labute approximate surface area is 155 Å². The molecule has 140 valence electrons. The molecule has 2 heterocycles. The van der Waals surface area contributed by atoms with Crippen molar-refractivity contribution in [3.05, 3.63) is 58.7 Å². The maximum atomic E-state index is 12.9. The fourth-order valence-electron chi connectivity index (χ4n) is 3.66. The van der Waals surface area contributed by atoms with E-state index in [-0.39, 0.29) is 11.6 Å². The number of halogens is 3. The molecular formula is C21H19F3N2O. The van der Waals surface area contributed by atoms with E-state index in [1.165, 1.54) is 24.6 Å². The number of nitrogens with zero attached hydrogens (tertiary/aromatic N) is 1. The smallest absolute Gasteiger partial charge is 0.372 e. The molecule has 2 aromatic carbocycles. The molecule has 2 aromatic rings. The molecule has 2 aliphatic heterocycles. The van der Waals surface area contributed by atoms with Crippen LogP contribution >= 0.6 is 0 Å². The Morgan fingerprint density at radius 1 is 1.07 bits per heavy atom. The van der Waals surface area contributed by atoms with E-state index in [1.807, 2.05) is 19.1 Å². The van der Waals surface area contributed by atoms with Gasteiger partial charge in [0.15, 0.2) is 0 Å². The second kappa shape index (κ2) is 6.44. The molecule has 0 bridgehead atoms. The number of carbonyl (C=O) groups is 1. The molecule has 0 atom stereocenters. The lowest BCUT2D eigenvalue weighted by atomic mass is 9.99. The molecule has 0 saturated carbocycles. The zero-order chi connectivity index (χ0) is 19.2. The van der Waals surface area contributed by atoms with Gasteiger partial charge in [0, 0.05) is 35.6 Å². The molecule has 0 aliphatic carbocycles. The number of hydrogen-bond acceptors (Lipinski definition) is 2. The Balaban J connectivity index is 1.68. The van der Waals surface area contributed by atoms with Crippen LogP contribution < -0.4 is 10.2 Å². The number of anilines is 2. The summed E-state index contributed by atoms with van der Waals surface area (Å²) in [5, 5.41) is 2.54. The van der Waals surface area contributed by atoms with E-state index < -0.39 is 11.7 Å². The summed E-state index contributed by atoms with van der Waals surface area (Å²) in [5.74, 6) is -0.382. The number of carbonyl (C=O) groups excluding carboxylic acids is 1. The van der Waals surface area contributed by atoms with E-state index in [9.17, 15) is 18.0 Å². The van der Waals surface area contributed by atoms with Gasteiger partial charge in [0.2, 0.25) is 0 Å². The highest BCUT2D eigenvalue weighted by Crippen LogP contribution is 2.38. The Morgan fingerprint density at radius 3 is 2.48 bits per heavy atom. The first-order chi connectivity index (χ1) is 12.8. The SMILES string of the molecule is Cc1cc(N2CCCC2)ccc1/C=C1\C(=O)Nc2cc(C(F)(F)F)ccc21. The standard InChI is InChI=1S/C21H19F3N2O/c1-13-10-16(26-8-2-3-9-26)6-4-14(13)11-18-17-7-5-15(21(22,23)24)12-19(17)25-20(18)27/h4-7,10-12H,2-3,8-9H2,1H3,(H,25,27)/b18-11-. The summed E-state index contributed by atoms with van der Waals surface area (Å²) < 4.78 is 38.7. The lowest BCUT2D eigenvalue weighted by Gasteiger charge is -2.18. The minimum Gasteiger partial charge on any atom is -0.372 e. The molecule has 1 N–H and O–H groups in total. The summed E-state index contributed by atoms with van der Waals surface area (Å²) in [5.41, 5.74) is 3.39. The molecule has 1 saturated heterocycles. The van der Waals surface area contributed by atoms with Crippen molar-refractivity contribution < 1.29 is 18.0 Å². The summed E-state index contributed by atoms with van der Waals surface area (Å²) in [4.78, 5) is 14.6. The minimum absolute atomic E-state index is 0.201. The molecule has 27 heavy (non-hydrogen) atoms. The molecule has 0 spiro atoms. The molecule has 4 rings (SSSR count). The number of alkyl halides is 3. The summed E-state index contributed by atoms with van der Waals surface area (Å²) in [7, 11) is 0. The van der Waals surface area contributed by atoms with E-state index in [1.54, 1.807) is 6.08 Å². The van der Waals surface area contributed by atoms with Crippen LogP contribution in [0.4, 0.5) is 24.5 Å². The van der Waals surface area contributed by atoms with Gasteiger partial charge in [-0.25, -0.2) is 0 Å². The predicted octanol–water partition coefficient (Wildman–Crippen LogP) is 5.11. The maximum Gasteiger partial charge on any atom is 0.416 e. The van der Waals surface area contributed by atoms with Crippen LogP contribution in [0.2, 0.25) is 0 Å². The third kappa shape index (κ3) is 3.31. The zero-order valence-electron chi connectivity index (χ0n) is 14.9. The second-order valence-corrected chi connectivity index (χ2v) is 7.01. The van der Waals surface area contributed by atoms with Gasteiger partial charge in [-0.1, -0.05) is 12.1 Å². The highest BCUT2D eigenvalue weighted by Gasteiger charge is 2.33. The first-order valence-electron chi connectivity index (χ1n) is 8.93. The minimum atomic E-state index is -4.44. The largest absolute Gasteiger partial charge is 0.416 e. The van der Waals surface area contributed by atoms with Gasteiger partial charge in [0.05, 0.1) is 5.56 Å². The number of fused-ring (bicyclic) bond motifs is 1. The van der Waals surface area contributed by atoms with Gasteiger partial charge in [0.25, 0.3) is 5.91 Å². The van der Waals surface area contributed by atoms with Crippen molar-refractivity contribution in [2.45, 2.75) is 25.9 Å². The Morgan fingerprint density at radius 2 is 1.81 bits per heavy atom. The highest BCUT2D eigenvalue weighted by molar-refractivity contribution is 6.35. The average Bonchev–Trinajstić information content (AvgIpc) is 3.24. The van der Waals surface area contributed by atoms with E-state index in [2.05, 4.69) is 16.3 Å². The third-order valence-electron chi connectivity index (χ3n) is 5.15. The van der Waals surface area contributed by atoms with Crippen LogP contribution in [0.3, 0.4) is 0 Å². The third-order valence-corrected chi connectivity index (χ3v) is 5.15. The summed E-state index contributed by atoms with van der Waals surface area (Å²) >= 11 is 0. The van der Waals surface area contributed by atoms with Gasteiger partial charge >= 0.3 is 6.18 Å². The van der Waals surface area contributed by atoms with Crippen LogP contribution in [0.1, 0.15) is 35.1 Å². The van der Waals surface area contributed by atoms with E-state index in [0.717, 1.165) is 36.3 Å². The van der Waals surface area contributed by atoms with Gasteiger partial charge in [0.1, 0.15) is 0 Å². The van der Waals surface area contributed by atoms with Crippen molar-refractivity contribution in [1.29, 1.82) is 0 Å². The summed E-state index contributed by atoms with van der Waals surface area (Å²) in [6, 6.07) is 9.44. The van der Waals surface area contributed by atoms with Crippen molar-refractivity contribution >= 4 is 28.9 Å². The molecule has 0 radical (unpaired) electrons. The molecule has 2 aliphatic rings. The Hall–Kier alpha value is -2.76. The molecule has 0 aromatic heterocycles. The van der Waals surface area contributed by atoms with Crippen LogP contribution in [0.25, 0.3) is 11.6 Å². The van der Waals surface area contributed by atoms with Crippen molar-refractivity contribution in [3.8, 4) is 0 Å². The number of rotatable bonds is 2. The van der Waals surface area contributed by atoms with Gasteiger partial charge in [-0.15, -0.1) is 0 Å². The Bertz CT molecular complexity index is 941. The highest BCUT2D eigenvalue weighted by atomic mass is 19.4. The number of nitrogens with one attached hydrogen (secondary N) is 1. The van der Waals surface area contributed by atoms with Gasteiger partial charge in [-0.2, -0.15) is 13.2 Å². The van der Waals surface area contributed by atoms with Crippen LogP contribution in [-0.2, 0) is 11.0 Å². The van der Waals surface area contributed by atoms with Crippen molar-refractivity contribution in [2.24, 2.45) is 0 Å². The van der Waals surface area contributed by atoms with Crippen LogP contribution in [0.5, 0.6) is 0 Å². The molecular weight excluding hydrogens is 353 g/mol. The predicted molar refractivity (Wildman–Crippen MR) is 101 cm³/mol. The van der Waals surface area contributed by atoms with E-state index in [4.69, 9.17) is 0 Å². The van der Waals surface area contributed by atoms with Crippen molar-refractivity contribution in [2.75, 3.05) is 23.3 Å². The number of hydrogen-bond donors (Lipinski definition) is 1. The van der Waals surface area contributed by atoms with Crippen molar-refractivity contribution in [3.63, 3.8) is 0 Å². The quantitative estimate of drug-likeness (QED) is 0.744. The number of benzene rings is 2. The molecule has 1 amide bonds. The van der Waals surface area contributed by atoms with E-state index >= 15 is 0 Å². The second-order valence-electron chi connectivity index (χ2n) is 7.01. The monoisotopic (exact) mass is 372 g/mol. The fourth-order valence-corrected chi connectivity index (χ4v) is 3.66. The molecule has 6 heteroatoms. The average molecular weight is 372 g/mol. The van der Waals surface area contributed by atoms with Crippen LogP contribution in [0, 0.1) is 6.92 Å². The lowest BCUT2D eigenvalue weighted by Crippen LogP contribution is -2.17. The maximum absolute atomic E-state index is 12.9. The number of aryl methyl sites for hydroxylation is 1. The Kier molecular flexibility index (Phi) is 4.21. The first kappa shape index (κ1) is 17.6. The summed E-state index contributed by atoms with van der Waals surface area (Å²) in [6.07, 6.45) is -0.296. The molecule has 1 fully saturated rings. The van der Waals surface area contributed by atoms with Crippen molar-refractivity contribution in [1.82, 2.24) is 0 Å². The summed E-state index contributed by atoms with van der Waals surface area (Å²) in [6.45, 7) is 4.08. The van der Waals surface area contributed by atoms with Crippen LogP contribution in [-0.4, -0.2) is 19.0 Å². The molecule has 3 nitrogen and oxygen atoms in total. The van der Waals surface area contributed by atoms with Crippen LogP contribution in [0.15, 0.2) is 36.4 Å². The van der Waals surface area contributed by atoms with Gasteiger partial charge in [-0.3, -0.25) is 4.79 Å². The zero-order valence-corrected chi connectivity index (χ0v) is 14.9. The number of amides is 1. The normalized spacial score (nSPS) is 18.1. The van der Waals surface area contributed by atoms with E-state index in [0.29, 0.717) is 11.1 Å².